The largest absolute Gasteiger partial charge is 0.381 e. The van der Waals surface area contributed by atoms with Gasteiger partial charge in [-0.3, -0.25) is 0 Å². The molecule has 0 aliphatic carbocycles. The van der Waals surface area contributed by atoms with Crippen LogP contribution in [0.15, 0.2) is 103 Å². The summed E-state index contributed by atoms with van der Waals surface area (Å²) in [7, 11) is 0. The molecule has 2 aliphatic heterocycles. The molecule has 170 valence electrons. The van der Waals surface area contributed by atoms with Crippen molar-refractivity contribution in [3.05, 3.63) is 136 Å². The van der Waals surface area contributed by atoms with Gasteiger partial charge in [0.2, 0.25) is 0 Å². The molecule has 0 atom stereocenters. The van der Waals surface area contributed by atoms with Gasteiger partial charge >= 0.3 is 6.85 Å². The molecule has 6 rings (SSSR count). The van der Waals surface area contributed by atoms with Crippen LogP contribution in [-0.4, -0.2) is 21.4 Å². The third kappa shape index (κ3) is 3.32. The SMILES string of the molecule is Cc1cccc(C)c1B1c2c(cnn2-c2ccccc2)C(c2c(C)cccc2C)=C2C=CC=CN12. The lowest BCUT2D eigenvalue weighted by atomic mass is 9.46. The maximum Gasteiger partial charge on any atom is 0.349 e. The van der Waals surface area contributed by atoms with Crippen LogP contribution < -0.4 is 11.1 Å². The molecule has 3 aromatic carbocycles. The Morgan fingerprint density at radius 3 is 2.06 bits per heavy atom. The van der Waals surface area contributed by atoms with Crippen LogP contribution in [0.1, 0.15) is 33.4 Å². The van der Waals surface area contributed by atoms with Gasteiger partial charge < -0.3 is 4.81 Å². The number of hydrogen-bond donors (Lipinski definition) is 0. The number of rotatable bonds is 3. The Balaban J connectivity index is 1.74. The minimum absolute atomic E-state index is 0.0122. The number of nitrogens with zero attached hydrogens (tertiary/aromatic N) is 3. The maximum atomic E-state index is 5.00. The van der Waals surface area contributed by atoms with Crippen LogP contribution in [-0.2, 0) is 0 Å². The molecule has 0 saturated heterocycles. The van der Waals surface area contributed by atoms with Gasteiger partial charge in [0.25, 0.3) is 0 Å². The summed E-state index contributed by atoms with van der Waals surface area (Å²) in [6.07, 6.45) is 10.8. The van der Waals surface area contributed by atoms with Crippen LogP contribution in [0.4, 0.5) is 0 Å². The second-order valence-electron chi connectivity index (χ2n) is 9.53. The molecule has 1 aromatic heterocycles. The molecule has 3 heterocycles. The van der Waals surface area contributed by atoms with Gasteiger partial charge in [0.1, 0.15) is 0 Å². The van der Waals surface area contributed by atoms with Crippen LogP contribution >= 0.6 is 0 Å². The molecule has 0 amide bonds. The van der Waals surface area contributed by atoms with Crippen molar-refractivity contribution in [2.75, 3.05) is 0 Å². The molecular weight excluding hydrogens is 425 g/mol. The van der Waals surface area contributed by atoms with Crippen LogP contribution in [0.3, 0.4) is 0 Å². The molecule has 0 N–H and O–H groups in total. The average molecular weight is 453 g/mol. The lowest BCUT2D eigenvalue weighted by Crippen LogP contribution is -2.60. The highest BCUT2D eigenvalue weighted by atomic mass is 15.3. The van der Waals surface area contributed by atoms with Crippen LogP contribution in [0.5, 0.6) is 0 Å². The monoisotopic (exact) mass is 453 g/mol. The van der Waals surface area contributed by atoms with E-state index in [1.165, 1.54) is 55.7 Å². The van der Waals surface area contributed by atoms with E-state index in [9.17, 15) is 0 Å². The first-order valence-corrected chi connectivity index (χ1v) is 12.2. The van der Waals surface area contributed by atoms with E-state index in [0.717, 1.165) is 5.69 Å². The van der Waals surface area contributed by atoms with Crippen LogP contribution in [0.25, 0.3) is 11.3 Å². The van der Waals surface area contributed by atoms with E-state index in [4.69, 9.17) is 5.10 Å². The van der Waals surface area contributed by atoms with E-state index in [-0.39, 0.29) is 6.85 Å². The van der Waals surface area contributed by atoms with Gasteiger partial charge in [-0.1, -0.05) is 71.8 Å². The van der Waals surface area contributed by atoms with Gasteiger partial charge in [0, 0.05) is 22.4 Å². The molecule has 3 nitrogen and oxygen atoms in total. The van der Waals surface area contributed by atoms with E-state index in [1.54, 1.807) is 0 Å². The Labute approximate surface area is 207 Å². The first kappa shape index (κ1) is 21.5. The third-order valence-electron chi connectivity index (χ3n) is 7.31. The predicted octanol–water partition coefficient (Wildman–Crippen LogP) is 5.37. The minimum atomic E-state index is 0.0122. The smallest absolute Gasteiger partial charge is 0.349 e. The van der Waals surface area contributed by atoms with Gasteiger partial charge in [0.15, 0.2) is 0 Å². The van der Waals surface area contributed by atoms with Crippen molar-refractivity contribution in [3.8, 4) is 5.69 Å². The molecule has 0 fully saturated rings. The Morgan fingerprint density at radius 1 is 0.714 bits per heavy atom. The maximum absolute atomic E-state index is 5.00. The predicted molar refractivity (Wildman–Crippen MR) is 147 cm³/mol. The first-order chi connectivity index (χ1) is 17.1. The van der Waals surface area contributed by atoms with Gasteiger partial charge in [0.05, 0.1) is 11.9 Å². The summed E-state index contributed by atoms with van der Waals surface area (Å²) < 4.78 is 2.14. The Kier molecular flexibility index (Phi) is 5.10. The van der Waals surface area contributed by atoms with Crippen molar-refractivity contribution in [2.24, 2.45) is 0 Å². The summed E-state index contributed by atoms with van der Waals surface area (Å²) >= 11 is 0. The van der Waals surface area contributed by atoms with Gasteiger partial charge in [-0.05, 0) is 80.3 Å². The number of aromatic nitrogens is 2. The van der Waals surface area contributed by atoms with Crippen molar-refractivity contribution in [3.63, 3.8) is 0 Å². The standard InChI is InChI=1S/C31H28BN3/c1-21-12-10-13-22(2)28(21)29-26-20-33-35(25-16-6-5-7-17-25)31(26)32(34-19-9-8-18-27(29)34)30-23(3)14-11-15-24(30)4/h5-20H,1-4H3. The van der Waals surface area contributed by atoms with Crippen LogP contribution in [0, 0.1) is 27.7 Å². The molecule has 4 heteroatoms. The zero-order chi connectivity index (χ0) is 24.1. The van der Waals surface area contributed by atoms with Gasteiger partial charge in [-0.15, -0.1) is 0 Å². The molecule has 0 saturated carbocycles. The molecular formula is C31H28BN3. The van der Waals surface area contributed by atoms with Crippen molar-refractivity contribution in [1.82, 2.24) is 14.6 Å². The lowest BCUT2D eigenvalue weighted by molar-refractivity contribution is 0.735. The molecule has 0 bridgehead atoms. The fourth-order valence-corrected chi connectivity index (χ4v) is 5.76. The number of fused-ring (bicyclic) bond motifs is 2. The zero-order valence-corrected chi connectivity index (χ0v) is 20.7. The Morgan fingerprint density at radius 2 is 1.37 bits per heavy atom. The topological polar surface area (TPSA) is 21.1 Å². The van der Waals surface area contributed by atoms with Gasteiger partial charge in [-0.2, -0.15) is 5.10 Å². The van der Waals surface area contributed by atoms with E-state index in [2.05, 4.69) is 135 Å². The molecule has 4 aromatic rings. The van der Waals surface area contributed by atoms with Gasteiger partial charge in [-0.25, -0.2) is 4.68 Å². The Hall–Kier alpha value is -4.05. The van der Waals surface area contributed by atoms with E-state index in [1.807, 2.05) is 0 Å². The molecule has 35 heavy (non-hydrogen) atoms. The Bertz CT molecular complexity index is 1500. The highest BCUT2D eigenvalue weighted by Gasteiger charge is 2.42. The third-order valence-corrected chi connectivity index (χ3v) is 7.31. The summed E-state index contributed by atoms with van der Waals surface area (Å²) in [5.41, 5.74) is 13.7. The first-order valence-electron chi connectivity index (χ1n) is 12.2. The van der Waals surface area contributed by atoms with E-state index in [0.29, 0.717) is 0 Å². The lowest BCUT2D eigenvalue weighted by Gasteiger charge is -2.39. The normalized spacial score (nSPS) is 14.4. The second kappa shape index (κ2) is 8.32. The fourth-order valence-electron chi connectivity index (χ4n) is 5.76. The quantitative estimate of drug-likeness (QED) is 0.389. The van der Waals surface area contributed by atoms with Crippen molar-refractivity contribution >= 4 is 23.5 Å². The number of benzene rings is 3. The van der Waals surface area contributed by atoms with E-state index >= 15 is 0 Å². The van der Waals surface area contributed by atoms with Crippen LogP contribution in [0.2, 0.25) is 0 Å². The fraction of sp³-hybridized carbons (Fsp3) is 0.129. The molecule has 0 spiro atoms. The highest BCUT2D eigenvalue weighted by Crippen LogP contribution is 2.38. The zero-order valence-electron chi connectivity index (χ0n) is 20.7. The summed E-state index contributed by atoms with van der Waals surface area (Å²) in [4.78, 5) is 2.44. The molecule has 2 aliphatic rings. The number of hydrogen-bond acceptors (Lipinski definition) is 2. The summed E-state index contributed by atoms with van der Waals surface area (Å²) in [5.74, 6) is 0. The van der Waals surface area contributed by atoms with E-state index < -0.39 is 0 Å². The summed E-state index contributed by atoms with van der Waals surface area (Å²) in [6, 6.07) is 23.6. The molecule has 0 radical (unpaired) electrons. The number of aryl methyl sites for hydroxylation is 4. The number of para-hydroxylation sites is 1. The second-order valence-corrected chi connectivity index (χ2v) is 9.53. The molecule has 0 unspecified atom stereocenters. The minimum Gasteiger partial charge on any atom is -0.381 e. The number of allylic oxidation sites excluding steroid dienone is 3. The van der Waals surface area contributed by atoms with Crippen molar-refractivity contribution < 1.29 is 0 Å². The summed E-state index contributed by atoms with van der Waals surface area (Å²) in [6.45, 7) is 8.87. The summed E-state index contributed by atoms with van der Waals surface area (Å²) in [5, 5.41) is 5.00. The average Bonchev–Trinajstić information content (AvgIpc) is 3.30. The van der Waals surface area contributed by atoms with Crippen molar-refractivity contribution in [2.45, 2.75) is 27.7 Å². The van der Waals surface area contributed by atoms with Crippen molar-refractivity contribution in [1.29, 1.82) is 0 Å². The highest BCUT2D eigenvalue weighted by molar-refractivity contribution is 6.84.